The van der Waals surface area contributed by atoms with E-state index in [-0.39, 0.29) is 18.4 Å². The van der Waals surface area contributed by atoms with E-state index >= 15 is 0 Å². The Labute approximate surface area is 186 Å². The van der Waals surface area contributed by atoms with Crippen LogP contribution in [0.15, 0.2) is 48.5 Å². The average molecular weight is 434 g/mol. The summed E-state index contributed by atoms with van der Waals surface area (Å²) >= 11 is 0. The van der Waals surface area contributed by atoms with Gasteiger partial charge in [-0.1, -0.05) is 61.4 Å². The number of benzene rings is 2. The summed E-state index contributed by atoms with van der Waals surface area (Å²) in [4.78, 5) is 38.3. The molecule has 2 aliphatic carbocycles. The highest BCUT2D eigenvalue weighted by atomic mass is 16.5. The highest BCUT2D eigenvalue weighted by Crippen LogP contribution is 2.44. The predicted octanol–water partition coefficient (Wildman–Crippen LogP) is 3.38. The van der Waals surface area contributed by atoms with Crippen molar-refractivity contribution in [3.8, 4) is 11.1 Å². The van der Waals surface area contributed by atoms with Gasteiger partial charge in [-0.25, -0.2) is 9.59 Å². The molecule has 0 spiro atoms. The number of aliphatic carboxylic acids is 1. The summed E-state index contributed by atoms with van der Waals surface area (Å²) in [6, 6.07) is 14.7. The molecule has 0 radical (unpaired) electrons. The molecular formula is C25H26N2O5. The van der Waals surface area contributed by atoms with Crippen molar-refractivity contribution in [3.63, 3.8) is 0 Å². The largest absolute Gasteiger partial charge is 0.480 e. The van der Waals surface area contributed by atoms with Gasteiger partial charge in [0.25, 0.3) is 0 Å². The minimum absolute atomic E-state index is 0.0579. The second-order valence-electron chi connectivity index (χ2n) is 8.88. The summed E-state index contributed by atoms with van der Waals surface area (Å²) in [5.41, 5.74) is 4.54. The first kappa shape index (κ1) is 20.5. The number of fused-ring (bicyclic) bond motifs is 3. The lowest BCUT2D eigenvalue weighted by atomic mass is 9.98. The number of ether oxygens (including phenoxy) is 1. The van der Waals surface area contributed by atoms with Crippen molar-refractivity contribution in [2.24, 2.45) is 5.92 Å². The van der Waals surface area contributed by atoms with Crippen LogP contribution in [-0.4, -0.2) is 53.2 Å². The van der Waals surface area contributed by atoms with E-state index in [4.69, 9.17) is 4.74 Å². The molecule has 7 heteroatoms. The van der Waals surface area contributed by atoms with Crippen LogP contribution < -0.4 is 5.32 Å². The normalized spacial score (nSPS) is 20.0. The summed E-state index contributed by atoms with van der Waals surface area (Å²) in [7, 11) is 0. The van der Waals surface area contributed by atoms with Crippen LogP contribution in [0.3, 0.4) is 0 Å². The topological polar surface area (TPSA) is 95.9 Å². The van der Waals surface area contributed by atoms with Crippen molar-refractivity contribution >= 4 is 18.0 Å². The first-order valence-electron chi connectivity index (χ1n) is 11.2. The van der Waals surface area contributed by atoms with E-state index in [1.807, 2.05) is 24.3 Å². The average Bonchev–Trinajstić information content (AvgIpc) is 3.51. The molecule has 1 heterocycles. The second kappa shape index (κ2) is 8.30. The fraction of sp³-hybridized carbons (Fsp3) is 0.400. The highest BCUT2D eigenvalue weighted by Gasteiger charge is 2.42. The molecule has 2 aromatic rings. The minimum atomic E-state index is -1.00. The molecular weight excluding hydrogens is 408 g/mol. The third-order valence-electron chi connectivity index (χ3n) is 6.79. The summed E-state index contributed by atoms with van der Waals surface area (Å²) in [6.45, 7) is 0.578. The molecule has 5 rings (SSSR count). The Balaban J connectivity index is 1.25. The second-order valence-corrected chi connectivity index (χ2v) is 8.88. The lowest BCUT2D eigenvalue weighted by molar-refractivity contribution is -0.158. The molecule has 1 saturated heterocycles. The Morgan fingerprint density at radius 1 is 1.00 bits per heavy atom. The molecule has 2 fully saturated rings. The van der Waals surface area contributed by atoms with Crippen LogP contribution in [0.25, 0.3) is 11.1 Å². The van der Waals surface area contributed by atoms with Crippen LogP contribution in [0.2, 0.25) is 0 Å². The molecule has 2 amide bonds. The quantitative estimate of drug-likeness (QED) is 0.697. The summed E-state index contributed by atoms with van der Waals surface area (Å²) in [5.74, 6) is -1.00. The maximum Gasteiger partial charge on any atom is 0.407 e. The van der Waals surface area contributed by atoms with Crippen LogP contribution >= 0.6 is 0 Å². The molecule has 32 heavy (non-hydrogen) atoms. The Morgan fingerprint density at radius 2 is 1.62 bits per heavy atom. The van der Waals surface area contributed by atoms with E-state index in [1.165, 1.54) is 4.90 Å². The van der Waals surface area contributed by atoms with Crippen molar-refractivity contribution in [2.75, 3.05) is 13.2 Å². The van der Waals surface area contributed by atoms with E-state index in [1.54, 1.807) is 0 Å². The molecule has 2 N–H and O–H groups in total. The summed E-state index contributed by atoms with van der Waals surface area (Å²) in [5, 5.41) is 12.0. The van der Waals surface area contributed by atoms with Gasteiger partial charge in [0, 0.05) is 12.5 Å². The zero-order chi connectivity index (χ0) is 22.2. The zero-order valence-electron chi connectivity index (χ0n) is 17.7. The Bertz CT molecular complexity index is 1020. The van der Waals surface area contributed by atoms with Crippen LogP contribution in [0.1, 0.15) is 42.7 Å². The van der Waals surface area contributed by atoms with Crippen LogP contribution in [-0.2, 0) is 14.3 Å². The Kier molecular flexibility index (Phi) is 5.33. The van der Waals surface area contributed by atoms with Crippen molar-refractivity contribution in [3.05, 3.63) is 59.7 Å². The van der Waals surface area contributed by atoms with E-state index in [2.05, 4.69) is 29.6 Å². The van der Waals surface area contributed by atoms with Gasteiger partial charge in [0.05, 0.1) is 0 Å². The van der Waals surface area contributed by atoms with Crippen molar-refractivity contribution in [1.29, 1.82) is 0 Å². The Hall–Kier alpha value is -3.35. The predicted molar refractivity (Wildman–Crippen MR) is 117 cm³/mol. The molecule has 7 nitrogen and oxygen atoms in total. The molecule has 166 valence electrons. The third-order valence-corrected chi connectivity index (χ3v) is 6.79. The minimum Gasteiger partial charge on any atom is -0.480 e. The number of carboxylic acid groups (broad SMARTS) is 1. The molecule has 0 bridgehead atoms. The first-order valence-corrected chi connectivity index (χ1v) is 11.2. The molecule has 3 aliphatic rings. The first-order chi connectivity index (χ1) is 15.5. The number of hydrogen-bond acceptors (Lipinski definition) is 4. The zero-order valence-corrected chi connectivity index (χ0v) is 17.7. The monoisotopic (exact) mass is 434 g/mol. The number of rotatable bonds is 7. The molecule has 2 atom stereocenters. The maximum atomic E-state index is 12.9. The van der Waals surface area contributed by atoms with E-state index in [0.717, 1.165) is 35.1 Å². The van der Waals surface area contributed by atoms with Gasteiger partial charge in [-0.3, -0.25) is 4.79 Å². The van der Waals surface area contributed by atoms with E-state index < -0.39 is 24.1 Å². The molecule has 0 aromatic heterocycles. The number of carboxylic acids is 1. The summed E-state index contributed by atoms with van der Waals surface area (Å²) in [6.07, 6.45) is 2.38. The fourth-order valence-electron chi connectivity index (χ4n) is 4.80. The highest BCUT2D eigenvalue weighted by molar-refractivity contribution is 5.90. The van der Waals surface area contributed by atoms with Gasteiger partial charge >= 0.3 is 12.1 Å². The van der Waals surface area contributed by atoms with Gasteiger partial charge in [0.2, 0.25) is 5.91 Å². The number of nitrogens with zero attached hydrogens (tertiary/aromatic N) is 1. The van der Waals surface area contributed by atoms with Gasteiger partial charge in [-0.15, -0.1) is 0 Å². The number of hydrogen-bond donors (Lipinski definition) is 2. The Morgan fingerprint density at radius 3 is 2.16 bits per heavy atom. The SMILES string of the molecule is O=C(N[C@@H](CC1CC1)C(=O)N1CCC1C(=O)O)OCC1c2ccccc2-c2ccccc21. The number of likely N-dealkylation sites (tertiary alicyclic amines) is 1. The van der Waals surface area contributed by atoms with E-state index in [0.29, 0.717) is 25.3 Å². The van der Waals surface area contributed by atoms with Gasteiger partial charge in [-0.2, -0.15) is 0 Å². The molecule has 2 aromatic carbocycles. The van der Waals surface area contributed by atoms with Crippen LogP contribution in [0, 0.1) is 5.92 Å². The molecule has 1 unspecified atom stereocenters. The number of carbonyl (C=O) groups is 3. The van der Waals surface area contributed by atoms with Gasteiger partial charge < -0.3 is 20.1 Å². The van der Waals surface area contributed by atoms with Gasteiger partial charge in [0.15, 0.2) is 0 Å². The van der Waals surface area contributed by atoms with Crippen LogP contribution in [0.5, 0.6) is 0 Å². The number of nitrogens with one attached hydrogen (secondary N) is 1. The number of alkyl carbamates (subject to hydrolysis) is 1. The van der Waals surface area contributed by atoms with Crippen molar-refractivity contribution in [1.82, 2.24) is 10.2 Å². The summed E-state index contributed by atoms with van der Waals surface area (Å²) < 4.78 is 5.59. The fourth-order valence-corrected chi connectivity index (χ4v) is 4.80. The molecule has 1 saturated carbocycles. The maximum absolute atomic E-state index is 12.9. The van der Waals surface area contributed by atoms with Crippen molar-refractivity contribution < 1.29 is 24.2 Å². The molecule has 1 aliphatic heterocycles. The standard InChI is InChI=1S/C25H26N2O5/c28-23(27-12-11-22(27)24(29)30)21(13-15-9-10-15)26-25(31)32-14-20-18-7-3-1-5-16(18)17-6-2-4-8-19(17)20/h1-8,15,20-22H,9-14H2,(H,26,31)(H,29,30)/t21-,22?/m0/s1. The van der Waals surface area contributed by atoms with Gasteiger partial charge in [0.1, 0.15) is 18.7 Å². The smallest absolute Gasteiger partial charge is 0.407 e. The van der Waals surface area contributed by atoms with Crippen LogP contribution in [0.4, 0.5) is 4.79 Å². The van der Waals surface area contributed by atoms with Crippen molar-refractivity contribution in [2.45, 2.75) is 43.7 Å². The lowest BCUT2D eigenvalue weighted by Gasteiger charge is -2.40. The van der Waals surface area contributed by atoms with E-state index in [9.17, 15) is 19.5 Å². The third kappa shape index (κ3) is 3.83. The number of carbonyl (C=O) groups excluding carboxylic acids is 2. The van der Waals surface area contributed by atoms with Gasteiger partial charge in [-0.05, 0) is 41.0 Å². The lowest BCUT2D eigenvalue weighted by Crippen LogP contribution is -2.60. The number of amides is 2.